The maximum Gasteiger partial charge on any atom is 0.242 e. The number of hydrogen-bond donors (Lipinski definition) is 2. The van der Waals surface area contributed by atoms with E-state index in [1.165, 1.54) is 0 Å². The average molecular weight is 240 g/mol. The number of anilines is 1. The van der Waals surface area contributed by atoms with Crippen LogP contribution in [0.4, 0.5) is 5.69 Å². The zero-order chi connectivity index (χ0) is 11.8. The molecule has 1 atom stereocenters. The fourth-order valence-electron chi connectivity index (χ4n) is 1.77. The van der Waals surface area contributed by atoms with Crippen LogP contribution in [0.15, 0.2) is 24.3 Å². The molecule has 2 rings (SSSR count). The summed E-state index contributed by atoms with van der Waals surface area (Å²) < 4.78 is 23.9. The van der Waals surface area contributed by atoms with E-state index >= 15 is 0 Å². The molecule has 1 aliphatic heterocycles. The van der Waals surface area contributed by atoms with Gasteiger partial charge in [0.2, 0.25) is 15.9 Å². The lowest BCUT2D eigenvalue weighted by atomic mass is 10.0. The van der Waals surface area contributed by atoms with E-state index in [-0.39, 0.29) is 0 Å². The van der Waals surface area contributed by atoms with Crippen molar-refractivity contribution < 1.29 is 13.2 Å². The van der Waals surface area contributed by atoms with Gasteiger partial charge in [-0.05, 0) is 11.6 Å². The predicted molar refractivity (Wildman–Crippen MR) is 60.7 cm³/mol. The third kappa shape index (κ3) is 2.16. The molecule has 16 heavy (non-hydrogen) atoms. The lowest BCUT2D eigenvalue weighted by Gasteiger charge is -2.09. The van der Waals surface area contributed by atoms with Gasteiger partial charge in [-0.25, -0.2) is 8.42 Å². The van der Waals surface area contributed by atoms with Crippen LogP contribution in [0.25, 0.3) is 0 Å². The molecule has 1 aromatic carbocycles. The number of hydrogen-bond acceptors (Lipinski definition) is 4. The van der Waals surface area contributed by atoms with Gasteiger partial charge in [-0.3, -0.25) is 9.52 Å². The molecule has 1 aromatic rings. The monoisotopic (exact) mass is 240 g/mol. The van der Waals surface area contributed by atoms with E-state index in [1.807, 2.05) is 29.0 Å². The molecule has 1 heterocycles. The summed E-state index contributed by atoms with van der Waals surface area (Å²) in [4.78, 5) is 11.7. The molecule has 0 aliphatic carbocycles. The Labute approximate surface area is 93.9 Å². The Bertz CT molecular complexity index is 525. The number of amides is 1. The van der Waals surface area contributed by atoms with Gasteiger partial charge in [0.25, 0.3) is 0 Å². The van der Waals surface area contributed by atoms with Gasteiger partial charge in [0, 0.05) is 12.2 Å². The van der Waals surface area contributed by atoms with Crippen LogP contribution in [0.3, 0.4) is 0 Å². The fraction of sp³-hybridized carbons (Fsp3) is 0.300. The maximum absolute atomic E-state index is 11.7. The van der Waals surface area contributed by atoms with E-state index in [1.54, 1.807) is 0 Å². The van der Waals surface area contributed by atoms with Crippen molar-refractivity contribution in [1.29, 1.82) is 0 Å². The Kier molecular flexibility index (Phi) is 2.59. The fourth-order valence-corrected chi connectivity index (χ4v) is 2.28. The van der Waals surface area contributed by atoms with Crippen LogP contribution < -0.4 is 10.0 Å². The van der Waals surface area contributed by atoms with Crippen LogP contribution in [-0.2, 0) is 14.8 Å². The van der Waals surface area contributed by atoms with Crippen molar-refractivity contribution in [3.05, 3.63) is 29.8 Å². The molecular formula is C10H12N2O3S. The third-order valence-corrected chi connectivity index (χ3v) is 3.01. The molecule has 6 heteroatoms. The first-order valence-corrected chi connectivity index (χ1v) is 6.71. The first kappa shape index (κ1) is 10.9. The number of para-hydroxylation sites is 1. The van der Waals surface area contributed by atoms with E-state index in [9.17, 15) is 13.2 Å². The molecule has 0 radical (unpaired) electrons. The van der Waals surface area contributed by atoms with Gasteiger partial charge < -0.3 is 5.32 Å². The Hall–Kier alpha value is -1.56. The Morgan fingerprint density at radius 1 is 1.44 bits per heavy atom. The smallest absolute Gasteiger partial charge is 0.242 e. The molecule has 0 aromatic heterocycles. The highest BCUT2D eigenvalue weighted by Crippen LogP contribution is 2.30. The van der Waals surface area contributed by atoms with Crippen molar-refractivity contribution in [3.63, 3.8) is 0 Å². The minimum atomic E-state index is -3.49. The van der Waals surface area contributed by atoms with Gasteiger partial charge in [0.1, 0.15) is 0 Å². The molecule has 0 bridgehead atoms. The molecule has 0 saturated carbocycles. The molecular weight excluding hydrogens is 228 g/mol. The molecule has 0 spiro atoms. The highest BCUT2D eigenvalue weighted by atomic mass is 32.2. The van der Waals surface area contributed by atoms with Crippen molar-refractivity contribution in [3.8, 4) is 0 Å². The zero-order valence-electron chi connectivity index (χ0n) is 8.73. The number of rotatable bonds is 2. The first-order valence-electron chi connectivity index (χ1n) is 4.82. The van der Waals surface area contributed by atoms with E-state index in [0.717, 1.165) is 17.5 Å². The second kappa shape index (κ2) is 3.79. The summed E-state index contributed by atoms with van der Waals surface area (Å²) in [5.41, 5.74) is 1.72. The van der Waals surface area contributed by atoms with Gasteiger partial charge in [0.15, 0.2) is 0 Å². The Balaban J connectivity index is 2.23. The number of carbonyl (C=O) groups excluding carboxylic acids is 1. The van der Waals surface area contributed by atoms with Crippen molar-refractivity contribution in [2.24, 2.45) is 0 Å². The van der Waals surface area contributed by atoms with Gasteiger partial charge in [-0.2, -0.15) is 0 Å². The van der Waals surface area contributed by atoms with Crippen LogP contribution in [0.1, 0.15) is 11.5 Å². The third-order valence-electron chi connectivity index (χ3n) is 2.44. The summed E-state index contributed by atoms with van der Waals surface area (Å²) in [6.07, 6.45) is 0.971. The quantitative estimate of drug-likeness (QED) is 0.778. The first-order chi connectivity index (χ1) is 7.47. The molecule has 86 valence electrons. The van der Waals surface area contributed by atoms with Gasteiger partial charge in [-0.1, -0.05) is 18.2 Å². The minimum Gasteiger partial charge on any atom is -0.384 e. The largest absolute Gasteiger partial charge is 0.384 e. The second-order valence-corrected chi connectivity index (χ2v) is 5.51. The van der Waals surface area contributed by atoms with E-state index in [0.29, 0.717) is 6.54 Å². The zero-order valence-corrected chi connectivity index (χ0v) is 9.54. The van der Waals surface area contributed by atoms with Crippen LogP contribution in [-0.4, -0.2) is 27.1 Å². The Morgan fingerprint density at radius 3 is 2.81 bits per heavy atom. The summed E-state index contributed by atoms with van der Waals surface area (Å²) in [6, 6.07) is 7.38. The van der Waals surface area contributed by atoms with Crippen molar-refractivity contribution in [2.75, 3.05) is 18.1 Å². The summed E-state index contributed by atoms with van der Waals surface area (Å²) in [6.45, 7) is 0.431. The number of fused-ring (bicyclic) bond motifs is 1. The highest BCUT2D eigenvalue weighted by molar-refractivity contribution is 7.89. The molecule has 1 aliphatic rings. The van der Waals surface area contributed by atoms with Crippen LogP contribution in [0.5, 0.6) is 0 Å². The number of benzene rings is 1. The van der Waals surface area contributed by atoms with Crippen LogP contribution >= 0.6 is 0 Å². The molecule has 2 N–H and O–H groups in total. The number of sulfonamides is 1. The molecule has 1 unspecified atom stereocenters. The van der Waals surface area contributed by atoms with E-state index in [4.69, 9.17) is 0 Å². The molecule has 0 fully saturated rings. The average Bonchev–Trinajstić information content (AvgIpc) is 2.58. The molecule has 1 amide bonds. The topological polar surface area (TPSA) is 75.3 Å². The van der Waals surface area contributed by atoms with Crippen LogP contribution in [0, 0.1) is 0 Å². The summed E-state index contributed by atoms with van der Waals surface area (Å²) in [5, 5.41) is 3.06. The highest BCUT2D eigenvalue weighted by Gasteiger charge is 2.29. The number of nitrogens with one attached hydrogen (secondary N) is 2. The lowest BCUT2D eigenvalue weighted by molar-refractivity contribution is -0.120. The lowest BCUT2D eigenvalue weighted by Crippen LogP contribution is -2.34. The van der Waals surface area contributed by atoms with Crippen molar-refractivity contribution in [2.45, 2.75) is 5.92 Å². The predicted octanol–water partition coefficient (Wildman–Crippen LogP) is 0.271. The van der Waals surface area contributed by atoms with E-state index < -0.39 is 21.8 Å². The van der Waals surface area contributed by atoms with Crippen LogP contribution in [0.2, 0.25) is 0 Å². The summed E-state index contributed by atoms with van der Waals surface area (Å²) in [7, 11) is -3.49. The summed E-state index contributed by atoms with van der Waals surface area (Å²) >= 11 is 0. The van der Waals surface area contributed by atoms with Gasteiger partial charge >= 0.3 is 0 Å². The Morgan fingerprint density at radius 2 is 2.12 bits per heavy atom. The maximum atomic E-state index is 11.7. The number of carbonyl (C=O) groups is 1. The van der Waals surface area contributed by atoms with E-state index in [2.05, 4.69) is 5.32 Å². The van der Waals surface area contributed by atoms with Crippen molar-refractivity contribution in [1.82, 2.24) is 4.72 Å². The SMILES string of the molecule is CS(=O)(=O)NC(=O)C1CNc2ccccc21. The molecule has 0 saturated heterocycles. The standard InChI is InChI=1S/C10H12N2O3S/c1-16(14,15)12-10(13)8-6-11-9-5-3-2-4-7(8)9/h2-5,8,11H,6H2,1H3,(H,12,13). The van der Waals surface area contributed by atoms with Crippen molar-refractivity contribution >= 4 is 21.6 Å². The van der Waals surface area contributed by atoms with Gasteiger partial charge in [0.05, 0.1) is 12.2 Å². The second-order valence-electron chi connectivity index (χ2n) is 3.76. The summed E-state index contributed by atoms with van der Waals surface area (Å²) in [5.74, 6) is -0.925. The normalized spacial score (nSPS) is 18.7. The minimum absolute atomic E-state index is 0.431. The molecule has 5 nitrogen and oxygen atoms in total. The van der Waals surface area contributed by atoms with Gasteiger partial charge in [-0.15, -0.1) is 0 Å².